The highest BCUT2D eigenvalue weighted by Crippen LogP contribution is 2.24. The van der Waals surface area contributed by atoms with Gasteiger partial charge in [-0.1, -0.05) is 11.6 Å². The second-order valence-corrected chi connectivity index (χ2v) is 8.62. The van der Waals surface area contributed by atoms with Gasteiger partial charge < -0.3 is 10.6 Å². The largest absolute Gasteiger partial charge is 0.405 e. The molecule has 1 fully saturated rings. The minimum absolute atomic E-state index is 0.0983. The Hall–Kier alpha value is -1.85. The molecule has 2 N–H and O–H groups in total. The first-order valence-corrected chi connectivity index (χ1v) is 10.2. The molecule has 1 aliphatic heterocycles. The third-order valence-corrected chi connectivity index (χ3v) is 6.35. The maximum atomic E-state index is 12.6. The normalized spacial score (nSPS) is 16.6. The van der Waals surface area contributed by atoms with Crippen LogP contribution in [0.25, 0.3) is 0 Å². The lowest BCUT2D eigenvalue weighted by atomic mass is 9.97. The van der Waals surface area contributed by atoms with Crippen molar-refractivity contribution in [2.24, 2.45) is 5.92 Å². The first-order valence-electron chi connectivity index (χ1n) is 8.36. The van der Waals surface area contributed by atoms with E-state index < -0.39 is 47.0 Å². The maximum absolute atomic E-state index is 12.6. The summed E-state index contributed by atoms with van der Waals surface area (Å²) in [6.45, 7) is -1.81. The van der Waals surface area contributed by atoms with Crippen molar-refractivity contribution in [3.8, 4) is 0 Å². The summed E-state index contributed by atoms with van der Waals surface area (Å²) in [6, 6.07) is 5.74. The molecule has 0 saturated carbocycles. The van der Waals surface area contributed by atoms with E-state index in [0.29, 0.717) is 5.02 Å². The number of halogens is 4. The summed E-state index contributed by atoms with van der Waals surface area (Å²) in [5.74, 6) is -1.97. The molecule has 0 atom stereocenters. The van der Waals surface area contributed by atoms with Gasteiger partial charge in [-0.15, -0.1) is 0 Å². The standard InChI is InChI=1S/C16H19ClF3N3O4S/c17-12-1-3-13(4-2-12)28(26,27)23-7-5-11(6-8-23)15(25)21-9-14(24)22-10-16(18,19)20/h1-4,11H,5-10H2,(H,21,25)(H,22,24). The SMILES string of the molecule is O=C(CNC(=O)C1CCN(S(=O)(=O)c2ccc(Cl)cc2)CC1)NCC(F)(F)F. The fourth-order valence-electron chi connectivity index (χ4n) is 2.69. The maximum Gasteiger partial charge on any atom is 0.405 e. The minimum atomic E-state index is -4.53. The highest BCUT2D eigenvalue weighted by atomic mass is 35.5. The molecule has 0 spiro atoms. The fourth-order valence-corrected chi connectivity index (χ4v) is 4.28. The van der Waals surface area contributed by atoms with Gasteiger partial charge in [0.05, 0.1) is 11.4 Å². The summed E-state index contributed by atoms with van der Waals surface area (Å²) in [4.78, 5) is 23.5. The number of hydrogen-bond donors (Lipinski definition) is 2. The van der Waals surface area contributed by atoms with Crippen molar-refractivity contribution in [1.29, 1.82) is 0 Å². The van der Waals surface area contributed by atoms with E-state index in [4.69, 9.17) is 11.6 Å². The van der Waals surface area contributed by atoms with Crippen LogP contribution in [0.5, 0.6) is 0 Å². The van der Waals surface area contributed by atoms with E-state index in [1.54, 1.807) is 5.32 Å². The van der Waals surface area contributed by atoms with Crippen LogP contribution in [0.2, 0.25) is 5.02 Å². The van der Waals surface area contributed by atoms with Crippen LogP contribution in [0, 0.1) is 5.92 Å². The molecule has 7 nitrogen and oxygen atoms in total. The van der Waals surface area contributed by atoms with Crippen LogP contribution < -0.4 is 10.6 Å². The Morgan fingerprint density at radius 3 is 2.21 bits per heavy atom. The van der Waals surface area contributed by atoms with Gasteiger partial charge in [-0.25, -0.2) is 8.42 Å². The van der Waals surface area contributed by atoms with Crippen molar-refractivity contribution < 1.29 is 31.2 Å². The van der Waals surface area contributed by atoms with Crippen LogP contribution in [0.15, 0.2) is 29.2 Å². The lowest BCUT2D eigenvalue weighted by Crippen LogP contribution is -2.45. The van der Waals surface area contributed by atoms with Gasteiger partial charge in [0.1, 0.15) is 6.54 Å². The Morgan fingerprint density at radius 2 is 1.68 bits per heavy atom. The molecular formula is C16H19ClF3N3O4S. The fraction of sp³-hybridized carbons (Fsp3) is 0.500. The quantitative estimate of drug-likeness (QED) is 0.700. The van der Waals surface area contributed by atoms with Gasteiger partial charge >= 0.3 is 6.18 Å². The van der Waals surface area contributed by atoms with Gasteiger partial charge in [0.25, 0.3) is 0 Å². The molecule has 0 bridgehead atoms. The Kier molecular flexibility index (Phi) is 7.29. The molecule has 2 rings (SSSR count). The van der Waals surface area contributed by atoms with Crippen LogP contribution >= 0.6 is 11.6 Å². The highest BCUT2D eigenvalue weighted by Gasteiger charge is 2.32. The lowest BCUT2D eigenvalue weighted by molar-refractivity contribution is -0.138. The van der Waals surface area contributed by atoms with Gasteiger partial charge in [0.15, 0.2) is 0 Å². The van der Waals surface area contributed by atoms with Crippen molar-refractivity contribution in [1.82, 2.24) is 14.9 Å². The van der Waals surface area contributed by atoms with E-state index in [2.05, 4.69) is 5.32 Å². The van der Waals surface area contributed by atoms with E-state index in [1.807, 2.05) is 0 Å². The second kappa shape index (κ2) is 9.10. The van der Waals surface area contributed by atoms with Gasteiger partial charge in [-0.2, -0.15) is 17.5 Å². The van der Waals surface area contributed by atoms with Crippen molar-refractivity contribution in [3.63, 3.8) is 0 Å². The third-order valence-electron chi connectivity index (χ3n) is 4.19. The van der Waals surface area contributed by atoms with Crippen LogP contribution in [0.1, 0.15) is 12.8 Å². The summed E-state index contributed by atoms with van der Waals surface area (Å²) in [5, 5.41) is 4.34. The van der Waals surface area contributed by atoms with Gasteiger partial charge in [-0.3, -0.25) is 9.59 Å². The number of piperidine rings is 1. The van der Waals surface area contributed by atoms with Crippen molar-refractivity contribution in [3.05, 3.63) is 29.3 Å². The van der Waals surface area contributed by atoms with Crippen LogP contribution in [0.3, 0.4) is 0 Å². The Labute approximate surface area is 165 Å². The number of carbonyl (C=O) groups excluding carboxylic acids is 2. The van der Waals surface area contributed by atoms with E-state index >= 15 is 0 Å². The summed E-state index contributed by atoms with van der Waals surface area (Å²) in [7, 11) is -3.70. The molecule has 1 aromatic carbocycles. The summed E-state index contributed by atoms with van der Waals surface area (Å²) in [5.41, 5.74) is 0. The number of sulfonamides is 1. The monoisotopic (exact) mass is 441 g/mol. The Morgan fingerprint density at radius 1 is 1.11 bits per heavy atom. The molecular weight excluding hydrogens is 423 g/mol. The second-order valence-electron chi connectivity index (χ2n) is 6.24. The number of amides is 2. The summed E-state index contributed by atoms with van der Waals surface area (Å²) in [6.07, 6.45) is -4.05. The number of nitrogens with one attached hydrogen (secondary N) is 2. The smallest absolute Gasteiger partial charge is 0.347 e. The zero-order valence-electron chi connectivity index (χ0n) is 14.6. The topological polar surface area (TPSA) is 95.6 Å². The number of carbonyl (C=O) groups is 2. The molecule has 0 aromatic heterocycles. The number of alkyl halides is 3. The van der Waals surface area contributed by atoms with E-state index in [-0.39, 0.29) is 30.8 Å². The molecule has 12 heteroatoms. The molecule has 1 saturated heterocycles. The molecule has 1 aromatic rings. The number of rotatable bonds is 6. The molecule has 28 heavy (non-hydrogen) atoms. The lowest BCUT2D eigenvalue weighted by Gasteiger charge is -2.30. The molecule has 0 unspecified atom stereocenters. The zero-order valence-corrected chi connectivity index (χ0v) is 16.2. The van der Waals surface area contributed by atoms with Gasteiger partial charge in [-0.05, 0) is 37.1 Å². The zero-order chi connectivity index (χ0) is 20.9. The average Bonchev–Trinajstić information content (AvgIpc) is 2.64. The number of benzene rings is 1. The van der Waals surface area contributed by atoms with Crippen LogP contribution in [0.4, 0.5) is 13.2 Å². The Bertz CT molecular complexity index is 807. The average molecular weight is 442 g/mol. The van der Waals surface area contributed by atoms with E-state index in [0.717, 1.165) is 0 Å². The first-order chi connectivity index (χ1) is 13.0. The van der Waals surface area contributed by atoms with E-state index in [1.165, 1.54) is 28.6 Å². The number of nitrogens with zero attached hydrogens (tertiary/aromatic N) is 1. The van der Waals surface area contributed by atoms with Crippen molar-refractivity contribution in [2.75, 3.05) is 26.2 Å². The molecule has 1 aliphatic rings. The molecule has 1 heterocycles. The van der Waals surface area contributed by atoms with Gasteiger partial charge in [0.2, 0.25) is 21.8 Å². The predicted octanol–water partition coefficient (Wildman–Crippen LogP) is 1.54. The third kappa shape index (κ3) is 6.35. The van der Waals surface area contributed by atoms with E-state index in [9.17, 15) is 31.2 Å². The number of hydrogen-bond acceptors (Lipinski definition) is 4. The first kappa shape index (κ1) is 22.4. The predicted molar refractivity (Wildman–Crippen MR) is 95.0 cm³/mol. The van der Waals surface area contributed by atoms with Crippen LogP contribution in [-0.4, -0.2) is 56.9 Å². The van der Waals surface area contributed by atoms with Crippen molar-refractivity contribution in [2.45, 2.75) is 23.9 Å². The van der Waals surface area contributed by atoms with Crippen LogP contribution in [-0.2, 0) is 19.6 Å². The molecule has 2 amide bonds. The summed E-state index contributed by atoms with van der Waals surface area (Å²) >= 11 is 5.76. The molecule has 0 aliphatic carbocycles. The molecule has 156 valence electrons. The molecule has 0 radical (unpaired) electrons. The highest BCUT2D eigenvalue weighted by molar-refractivity contribution is 7.89. The van der Waals surface area contributed by atoms with Crippen molar-refractivity contribution >= 4 is 33.4 Å². The summed E-state index contributed by atoms with van der Waals surface area (Å²) < 4.78 is 62.5. The minimum Gasteiger partial charge on any atom is -0.347 e. The Balaban J connectivity index is 1.82. The van der Waals surface area contributed by atoms with Gasteiger partial charge in [0, 0.05) is 24.0 Å².